The first-order chi connectivity index (χ1) is 19.9. The molecule has 6 nitrogen and oxygen atoms in total. The van der Waals surface area contributed by atoms with Gasteiger partial charge in [0.25, 0.3) is 5.52 Å². The fraction of sp³-hybridized carbons (Fsp3) is 0.364. The zero-order chi connectivity index (χ0) is 29.1. The number of para-hydroxylation sites is 2. The highest BCUT2D eigenvalue weighted by atomic mass is 32.2. The number of nitrogens with zero attached hydrogens (tertiary/aromatic N) is 2. The Bertz CT molecular complexity index is 1540. The van der Waals surface area contributed by atoms with Crippen molar-refractivity contribution in [2.24, 2.45) is 0 Å². The van der Waals surface area contributed by atoms with E-state index in [1.54, 1.807) is 11.3 Å². The fourth-order valence-corrected chi connectivity index (χ4v) is 6.07. The molecule has 0 saturated carbocycles. The Morgan fingerprint density at radius 3 is 2.15 bits per heavy atom. The van der Waals surface area contributed by atoms with Crippen LogP contribution in [0.1, 0.15) is 73.6 Å². The molecule has 0 spiro atoms. The van der Waals surface area contributed by atoms with Crippen LogP contribution in [0, 0.1) is 0 Å². The Kier molecular flexibility index (Phi) is 11.4. The summed E-state index contributed by atoms with van der Waals surface area (Å²) in [6, 6.07) is 20.8. The van der Waals surface area contributed by atoms with E-state index in [4.69, 9.17) is 4.42 Å². The van der Waals surface area contributed by atoms with Gasteiger partial charge in [-0.3, -0.25) is 0 Å². The molecule has 0 radical (unpaired) electrons. The van der Waals surface area contributed by atoms with E-state index in [1.165, 1.54) is 36.9 Å². The van der Waals surface area contributed by atoms with Crippen LogP contribution in [0.2, 0.25) is 0 Å². The van der Waals surface area contributed by atoms with Crippen molar-refractivity contribution in [3.63, 3.8) is 0 Å². The number of unbranched alkanes of at least 4 members (excludes halogenated alkanes) is 3. The van der Waals surface area contributed by atoms with Gasteiger partial charge in [0.1, 0.15) is 0 Å². The quantitative estimate of drug-likeness (QED) is 0.0752. The second-order valence-electron chi connectivity index (χ2n) is 10.2. The van der Waals surface area contributed by atoms with Crippen LogP contribution >= 0.6 is 11.3 Å². The average molecular weight is 593 g/mol. The number of fused-ring (bicyclic) bond motifs is 1. The molecular weight excluding hydrogens is 553 g/mol. The summed E-state index contributed by atoms with van der Waals surface area (Å²) in [5.74, 6) is 0.342. The van der Waals surface area contributed by atoms with Crippen LogP contribution in [-0.4, -0.2) is 31.8 Å². The molecule has 0 unspecified atom stereocenters. The number of rotatable bonds is 16. The molecule has 0 atom stereocenters. The first-order valence-electron chi connectivity index (χ1n) is 14.5. The molecule has 2 aromatic heterocycles. The highest BCUT2D eigenvalue weighted by molar-refractivity contribution is 7.85. The van der Waals surface area contributed by atoms with Crippen LogP contribution < -0.4 is 9.47 Å². The van der Waals surface area contributed by atoms with E-state index in [1.807, 2.05) is 41.0 Å². The zero-order valence-corrected chi connectivity index (χ0v) is 25.6. The molecule has 41 heavy (non-hydrogen) atoms. The van der Waals surface area contributed by atoms with Crippen molar-refractivity contribution >= 4 is 62.5 Å². The molecule has 4 rings (SSSR count). The van der Waals surface area contributed by atoms with Crippen molar-refractivity contribution in [2.45, 2.75) is 58.9 Å². The van der Waals surface area contributed by atoms with E-state index in [-0.39, 0.29) is 5.75 Å². The van der Waals surface area contributed by atoms with Gasteiger partial charge < -0.3 is 13.9 Å². The smallest absolute Gasteiger partial charge is 0.374 e. The number of anilines is 1. The van der Waals surface area contributed by atoms with Gasteiger partial charge in [0.2, 0.25) is 5.58 Å². The minimum atomic E-state index is -4.20. The SMILES string of the molecule is CCCCN(CCCC)c1ccc(/C=C/c2ccc(/C=C/c3oc4ccccc4[n+]3CCCCS(=O)(=O)[O-])s2)cc1. The first-order valence-corrected chi connectivity index (χ1v) is 16.9. The molecule has 0 aliphatic carbocycles. The minimum absolute atomic E-state index is 0.320. The van der Waals surface area contributed by atoms with Gasteiger partial charge in [-0.1, -0.05) is 57.0 Å². The monoisotopic (exact) mass is 592 g/mol. The maximum Gasteiger partial charge on any atom is 0.374 e. The van der Waals surface area contributed by atoms with E-state index < -0.39 is 10.1 Å². The van der Waals surface area contributed by atoms with E-state index >= 15 is 0 Å². The van der Waals surface area contributed by atoms with Crippen molar-refractivity contribution in [1.82, 2.24) is 0 Å². The van der Waals surface area contributed by atoms with Crippen LogP contribution in [0.3, 0.4) is 0 Å². The molecule has 0 bridgehead atoms. The van der Waals surface area contributed by atoms with Crippen molar-refractivity contribution in [1.29, 1.82) is 0 Å². The van der Waals surface area contributed by atoms with Gasteiger partial charge in [0.15, 0.2) is 6.54 Å². The topological polar surface area (TPSA) is 77.5 Å². The maximum atomic E-state index is 11.0. The summed E-state index contributed by atoms with van der Waals surface area (Å²) in [6.45, 7) is 7.27. The molecule has 2 heterocycles. The van der Waals surface area contributed by atoms with E-state index in [9.17, 15) is 13.0 Å². The maximum absolute atomic E-state index is 11.0. The summed E-state index contributed by atoms with van der Waals surface area (Å²) in [4.78, 5) is 4.77. The molecule has 2 aromatic carbocycles. The molecule has 218 valence electrons. The van der Waals surface area contributed by atoms with Gasteiger partial charge in [-0.25, -0.2) is 8.42 Å². The number of aryl methyl sites for hydroxylation is 1. The Labute approximate surface area is 248 Å². The lowest BCUT2D eigenvalue weighted by atomic mass is 10.1. The Morgan fingerprint density at radius 2 is 1.49 bits per heavy atom. The number of benzene rings is 2. The van der Waals surface area contributed by atoms with Crippen LogP contribution in [0.15, 0.2) is 65.1 Å². The lowest BCUT2D eigenvalue weighted by Gasteiger charge is -2.24. The fourth-order valence-electron chi connectivity index (χ4n) is 4.70. The molecule has 4 aromatic rings. The first kappa shape index (κ1) is 30.8. The standard InChI is InChI=1S/C33H40N2O4S2/c1-3-5-23-34(24-6-4-2)28-16-13-27(14-17-28)15-18-29-19-20-30(40-29)21-22-33-35(25-9-10-26-41(36,37)38)31-11-7-8-12-32(31)39-33/h7-8,11-22H,3-6,9-10,23-26H2,1-2H3. The molecule has 0 N–H and O–H groups in total. The third kappa shape index (κ3) is 9.42. The molecule has 0 aliphatic rings. The third-order valence-corrected chi connectivity index (χ3v) is 8.77. The summed E-state index contributed by atoms with van der Waals surface area (Å²) in [7, 11) is -4.20. The second-order valence-corrected chi connectivity index (χ2v) is 12.9. The van der Waals surface area contributed by atoms with E-state index in [0.29, 0.717) is 25.3 Å². The van der Waals surface area contributed by atoms with Gasteiger partial charge in [-0.15, -0.1) is 11.3 Å². The number of hydrogen-bond acceptors (Lipinski definition) is 6. The van der Waals surface area contributed by atoms with Gasteiger partial charge in [-0.2, -0.15) is 4.57 Å². The lowest BCUT2D eigenvalue weighted by molar-refractivity contribution is -0.678. The highest BCUT2D eigenvalue weighted by Gasteiger charge is 2.20. The zero-order valence-electron chi connectivity index (χ0n) is 24.0. The minimum Gasteiger partial charge on any atom is -0.748 e. The Balaban J connectivity index is 1.41. The largest absolute Gasteiger partial charge is 0.748 e. The van der Waals surface area contributed by atoms with Crippen LogP contribution in [0.5, 0.6) is 0 Å². The number of thiophene rings is 1. The van der Waals surface area contributed by atoms with E-state index in [2.05, 4.69) is 67.3 Å². The Hall–Kier alpha value is -3.20. The average Bonchev–Trinajstić information content (AvgIpc) is 3.57. The van der Waals surface area contributed by atoms with E-state index in [0.717, 1.165) is 33.9 Å². The van der Waals surface area contributed by atoms with Crippen molar-refractivity contribution in [3.8, 4) is 0 Å². The number of aromatic nitrogens is 1. The van der Waals surface area contributed by atoms with Gasteiger partial charge in [0, 0.05) is 46.8 Å². The lowest BCUT2D eigenvalue weighted by Crippen LogP contribution is -2.35. The molecular formula is C33H40N2O4S2. The van der Waals surface area contributed by atoms with Gasteiger partial charge in [-0.05, 0) is 67.3 Å². The second kappa shape index (κ2) is 15.1. The highest BCUT2D eigenvalue weighted by Crippen LogP contribution is 2.23. The molecule has 0 aliphatic heterocycles. The number of oxazole rings is 1. The molecule has 0 saturated heterocycles. The van der Waals surface area contributed by atoms with Crippen LogP contribution in [-0.2, 0) is 16.7 Å². The molecule has 0 fully saturated rings. The third-order valence-electron chi connectivity index (χ3n) is 6.96. The van der Waals surface area contributed by atoms with Crippen LogP contribution in [0.25, 0.3) is 35.4 Å². The molecule has 8 heteroatoms. The normalized spacial score (nSPS) is 12.3. The number of hydrogen-bond donors (Lipinski definition) is 0. The van der Waals surface area contributed by atoms with Crippen molar-refractivity contribution < 1.29 is 22.0 Å². The van der Waals surface area contributed by atoms with Gasteiger partial charge in [0.05, 0.1) is 16.2 Å². The van der Waals surface area contributed by atoms with Crippen molar-refractivity contribution in [3.05, 3.63) is 81.9 Å². The summed E-state index contributed by atoms with van der Waals surface area (Å²) in [5, 5.41) is 0. The predicted octanol–water partition coefficient (Wildman–Crippen LogP) is 7.85. The summed E-state index contributed by atoms with van der Waals surface area (Å²) in [5.41, 5.74) is 4.18. The van der Waals surface area contributed by atoms with Crippen LogP contribution in [0.4, 0.5) is 5.69 Å². The Morgan fingerprint density at radius 1 is 0.829 bits per heavy atom. The predicted molar refractivity (Wildman–Crippen MR) is 171 cm³/mol. The summed E-state index contributed by atoms with van der Waals surface area (Å²) < 4.78 is 41.0. The summed E-state index contributed by atoms with van der Waals surface area (Å²) in [6.07, 6.45) is 14.0. The van der Waals surface area contributed by atoms with Crippen molar-refractivity contribution in [2.75, 3.05) is 23.7 Å². The molecule has 0 amide bonds. The summed E-state index contributed by atoms with van der Waals surface area (Å²) >= 11 is 1.70. The van der Waals surface area contributed by atoms with Gasteiger partial charge >= 0.3 is 5.89 Å².